The summed E-state index contributed by atoms with van der Waals surface area (Å²) in [6, 6.07) is 15.4. The second kappa shape index (κ2) is 10.5. The van der Waals surface area contributed by atoms with Crippen molar-refractivity contribution in [2.24, 2.45) is 0 Å². The van der Waals surface area contributed by atoms with Gasteiger partial charge in [0.05, 0.1) is 17.6 Å². The third kappa shape index (κ3) is 5.22. The van der Waals surface area contributed by atoms with E-state index in [0.29, 0.717) is 18.7 Å². The zero-order valence-electron chi connectivity index (χ0n) is 18.7. The van der Waals surface area contributed by atoms with E-state index in [4.69, 9.17) is 4.74 Å². The Morgan fingerprint density at radius 2 is 1.88 bits per heavy atom. The number of para-hydroxylation sites is 2. The third-order valence-corrected chi connectivity index (χ3v) is 6.14. The molecule has 0 atom stereocenters. The highest BCUT2D eigenvalue weighted by Crippen LogP contribution is 2.24. The Morgan fingerprint density at radius 1 is 1.12 bits per heavy atom. The molecule has 2 heterocycles. The number of H-pyrrole nitrogens is 1. The Kier molecular flexibility index (Phi) is 7.27. The Morgan fingerprint density at radius 3 is 2.62 bits per heavy atom. The standard InChI is InChI=1S/C25H32N4O3/c1-2-3-18-32-21-10-8-19(9-11-21)24(30)26-14-17-28-15-12-20(13-16-28)29-23-7-5-4-6-22(23)27-25(29)31/h4-11,20H,2-3,12-18H2,1H3,(H,26,30)(H,27,31). The van der Waals surface area contributed by atoms with Crippen LogP contribution in [0, 0.1) is 0 Å². The van der Waals surface area contributed by atoms with E-state index in [9.17, 15) is 9.59 Å². The number of unbranched alkanes of at least 4 members (excludes halogenated alkanes) is 1. The number of amides is 1. The van der Waals surface area contributed by atoms with Crippen molar-refractivity contribution in [3.05, 3.63) is 64.6 Å². The highest BCUT2D eigenvalue weighted by atomic mass is 16.5. The molecule has 1 amide bonds. The average Bonchev–Trinajstić information content (AvgIpc) is 3.16. The summed E-state index contributed by atoms with van der Waals surface area (Å²) >= 11 is 0. The van der Waals surface area contributed by atoms with Gasteiger partial charge in [-0.1, -0.05) is 25.5 Å². The SMILES string of the molecule is CCCCOc1ccc(C(=O)NCCN2CCC(n3c(=O)[nH]c4ccccc43)CC2)cc1. The van der Waals surface area contributed by atoms with Gasteiger partial charge in [0.1, 0.15) is 5.75 Å². The maximum absolute atomic E-state index is 12.4. The summed E-state index contributed by atoms with van der Waals surface area (Å²) < 4.78 is 7.55. The zero-order valence-corrected chi connectivity index (χ0v) is 18.7. The van der Waals surface area contributed by atoms with Crippen LogP contribution in [0.15, 0.2) is 53.3 Å². The van der Waals surface area contributed by atoms with Crippen LogP contribution in [0.4, 0.5) is 0 Å². The van der Waals surface area contributed by atoms with Crippen molar-refractivity contribution in [3.8, 4) is 5.75 Å². The van der Waals surface area contributed by atoms with Gasteiger partial charge in [0.15, 0.2) is 0 Å². The van der Waals surface area contributed by atoms with Crippen LogP contribution in [-0.2, 0) is 0 Å². The number of rotatable bonds is 9. The minimum Gasteiger partial charge on any atom is -0.494 e. The van der Waals surface area contributed by atoms with Gasteiger partial charge >= 0.3 is 5.69 Å². The zero-order chi connectivity index (χ0) is 22.3. The monoisotopic (exact) mass is 436 g/mol. The number of carbonyl (C=O) groups excluding carboxylic acids is 1. The number of fused-ring (bicyclic) bond motifs is 1. The van der Waals surface area contributed by atoms with Crippen molar-refractivity contribution >= 4 is 16.9 Å². The van der Waals surface area contributed by atoms with Gasteiger partial charge in [-0.15, -0.1) is 0 Å². The quantitative estimate of drug-likeness (QED) is 0.503. The number of imidazole rings is 1. The molecule has 2 N–H and O–H groups in total. The Bertz CT molecular complexity index is 1080. The van der Waals surface area contributed by atoms with Gasteiger partial charge in [-0.25, -0.2) is 4.79 Å². The molecule has 7 nitrogen and oxygen atoms in total. The molecule has 4 rings (SSSR count). The molecule has 1 aromatic heterocycles. The van der Waals surface area contributed by atoms with E-state index in [-0.39, 0.29) is 17.6 Å². The predicted octanol–water partition coefficient (Wildman–Crippen LogP) is 3.58. The van der Waals surface area contributed by atoms with E-state index in [2.05, 4.69) is 22.1 Å². The van der Waals surface area contributed by atoms with E-state index in [1.54, 1.807) is 12.1 Å². The molecular weight excluding hydrogens is 404 g/mol. The molecule has 0 spiro atoms. The van der Waals surface area contributed by atoms with E-state index in [0.717, 1.165) is 62.1 Å². The van der Waals surface area contributed by atoms with Crippen LogP contribution in [-0.4, -0.2) is 53.1 Å². The lowest BCUT2D eigenvalue weighted by Crippen LogP contribution is -2.41. The van der Waals surface area contributed by atoms with Crippen LogP contribution in [0.1, 0.15) is 49.0 Å². The maximum Gasteiger partial charge on any atom is 0.326 e. The molecule has 170 valence electrons. The van der Waals surface area contributed by atoms with Gasteiger partial charge < -0.3 is 19.9 Å². The first kappa shape index (κ1) is 22.1. The highest BCUT2D eigenvalue weighted by molar-refractivity contribution is 5.94. The number of nitrogens with one attached hydrogen (secondary N) is 2. The lowest BCUT2D eigenvalue weighted by Gasteiger charge is -2.32. The van der Waals surface area contributed by atoms with Gasteiger partial charge in [0, 0.05) is 37.8 Å². The molecular formula is C25H32N4O3. The number of hydrogen-bond acceptors (Lipinski definition) is 4. The molecule has 1 aliphatic heterocycles. The normalized spacial score (nSPS) is 15.2. The van der Waals surface area contributed by atoms with E-state index < -0.39 is 0 Å². The topological polar surface area (TPSA) is 79.4 Å². The number of likely N-dealkylation sites (tertiary alicyclic amines) is 1. The number of nitrogens with zero attached hydrogens (tertiary/aromatic N) is 2. The number of aromatic amines is 1. The summed E-state index contributed by atoms with van der Waals surface area (Å²) in [6.45, 7) is 6.06. The van der Waals surface area contributed by atoms with Crippen molar-refractivity contribution in [1.82, 2.24) is 19.8 Å². The summed E-state index contributed by atoms with van der Waals surface area (Å²) in [5.74, 6) is 0.734. The maximum atomic E-state index is 12.4. The molecule has 0 aliphatic carbocycles. The molecule has 0 saturated carbocycles. The molecule has 3 aromatic rings. The first-order valence-corrected chi connectivity index (χ1v) is 11.6. The number of piperidine rings is 1. The molecule has 1 aliphatic rings. The highest BCUT2D eigenvalue weighted by Gasteiger charge is 2.23. The van der Waals surface area contributed by atoms with Crippen molar-refractivity contribution in [2.45, 2.75) is 38.6 Å². The van der Waals surface area contributed by atoms with Crippen LogP contribution in [0.5, 0.6) is 5.75 Å². The van der Waals surface area contributed by atoms with Gasteiger partial charge in [-0.3, -0.25) is 9.36 Å². The van der Waals surface area contributed by atoms with E-state index in [1.165, 1.54) is 0 Å². The van der Waals surface area contributed by atoms with Crippen molar-refractivity contribution in [1.29, 1.82) is 0 Å². The van der Waals surface area contributed by atoms with Crippen LogP contribution < -0.4 is 15.7 Å². The lowest BCUT2D eigenvalue weighted by molar-refractivity contribution is 0.0944. The number of aromatic nitrogens is 2. The summed E-state index contributed by atoms with van der Waals surface area (Å²) in [7, 11) is 0. The number of carbonyl (C=O) groups is 1. The first-order chi connectivity index (χ1) is 15.7. The van der Waals surface area contributed by atoms with Crippen LogP contribution >= 0.6 is 0 Å². The second-order valence-corrected chi connectivity index (χ2v) is 8.37. The van der Waals surface area contributed by atoms with Crippen LogP contribution in [0.2, 0.25) is 0 Å². The summed E-state index contributed by atoms with van der Waals surface area (Å²) in [4.78, 5) is 30.1. The predicted molar refractivity (Wildman–Crippen MR) is 126 cm³/mol. The minimum atomic E-state index is -0.0645. The number of hydrogen-bond donors (Lipinski definition) is 2. The molecule has 1 fully saturated rings. The molecule has 0 bridgehead atoms. The first-order valence-electron chi connectivity index (χ1n) is 11.6. The molecule has 0 radical (unpaired) electrons. The Labute approximate surface area is 188 Å². The Hall–Kier alpha value is -3.06. The van der Waals surface area contributed by atoms with Gasteiger partial charge in [0.2, 0.25) is 0 Å². The van der Waals surface area contributed by atoms with E-state index >= 15 is 0 Å². The molecule has 1 saturated heterocycles. The number of ether oxygens (including phenoxy) is 1. The van der Waals surface area contributed by atoms with Gasteiger partial charge in [0.25, 0.3) is 5.91 Å². The Balaban J connectivity index is 1.22. The van der Waals surface area contributed by atoms with Crippen LogP contribution in [0.3, 0.4) is 0 Å². The summed E-state index contributed by atoms with van der Waals surface area (Å²) in [6.07, 6.45) is 3.97. The van der Waals surface area contributed by atoms with E-state index in [1.807, 2.05) is 41.0 Å². The van der Waals surface area contributed by atoms with Gasteiger partial charge in [-0.05, 0) is 55.7 Å². The smallest absolute Gasteiger partial charge is 0.326 e. The molecule has 2 aromatic carbocycles. The second-order valence-electron chi connectivity index (χ2n) is 8.37. The van der Waals surface area contributed by atoms with Crippen molar-refractivity contribution < 1.29 is 9.53 Å². The fourth-order valence-electron chi connectivity index (χ4n) is 4.30. The molecule has 7 heteroatoms. The van der Waals surface area contributed by atoms with Gasteiger partial charge in [-0.2, -0.15) is 0 Å². The fraction of sp³-hybridized carbons (Fsp3) is 0.440. The minimum absolute atomic E-state index is 0.0290. The van der Waals surface area contributed by atoms with Crippen LogP contribution in [0.25, 0.3) is 11.0 Å². The summed E-state index contributed by atoms with van der Waals surface area (Å²) in [5, 5.41) is 3.01. The van der Waals surface area contributed by atoms with Crippen molar-refractivity contribution in [3.63, 3.8) is 0 Å². The number of benzene rings is 2. The third-order valence-electron chi connectivity index (χ3n) is 6.14. The lowest BCUT2D eigenvalue weighted by atomic mass is 10.0. The summed E-state index contributed by atoms with van der Waals surface area (Å²) in [5.41, 5.74) is 2.48. The van der Waals surface area contributed by atoms with Crippen molar-refractivity contribution in [2.75, 3.05) is 32.8 Å². The average molecular weight is 437 g/mol. The molecule has 32 heavy (non-hydrogen) atoms. The largest absolute Gasteiger partial charge is 0.494 e. The molecule has 0 unspecified atom stereocenters. The fourth-order valence-corrected chi connectivity index (χ4v) is 4.30.